The van der Waals surface area contributed by atoms with Gasteiger partial charge < -0.3 is 5.32 Å². The molecule has 0 bridgehead atoms. The van der Waals surface area contributed by atoms with Gasteiger partial charge in [-0.2, -0.15) is 0 Å². The summed E-state index contributed by atoms with van der Waals surface area (Å²) in [6.07, 6.45) is 5.83. The number of rotatable bonds is 3. The van der Waals surface area contributed by atoms with Gasteiger partial charge in [0.05, 0.1) is 0 Å². The van der Waals surface area contributed by atoms with Crippen molar-refractivity contribution in [3.05, 3.63) is 72.3 Å². The number of anilines is 2. The van der Waals surface area contributed by atoms with E-state index in [1.165, 1.54) is 48.2 Å². The van der Waals surface area contributed by atoms with Crippen LogP contribution in [0.25, 0.3) is 11.1 Å². The van der Waals surface area contributed by atoms with E-state index in [1.807, 2.05) is 0 Å². The smallest absolute Gasteiger partial charge is 0.113 e. The molecule has 3 fully saturated rings. The van der Waals surface area contributed by atoms with E-state index in [0.717, 1.165) is 23.7 Å². The van der Waals surface area contributed by atoms with Crippen molar-refractivity contribution in [3.8, 4) is 11.1 Å². The lowest BCUT2D eigenvalue weighted by Gasteiger charge is -2.65. The highest BCUT2D eigenvalue weighted by Crippen LogP contribution is 2.67. The molecule has 7 rings (SSSR count). The van der Waals surface area contributed by atoms with E-state index in [1.54, 1.807) is 15.9 Å². The average molecular weight is 436 g/mol. The summed E-state index contributed by atoms with van der Waals surface area (Å²) in [6.45, 7) is 7.50. The van der Waals surface area contributed by atoms with Crippen LogP contribution in [0.2, 0.25) is 13.1 Å². The zero-order chi connectivity index (χ0) is 21.7. The van der Waals surface area contributed by atoms with Crippen LogP contribution >= 0.6 is 0 Å². The molecule has 0 spiro atoms. The van der Waals surface area contributed by atoms with E-state index in [0.29, 0.717) is 5.41 Å². The molecule has 2 heteroatoms. The Morgan fingerprint density at radius 2 is 1.41 bits per heavy atom. The Morgan fingerprint density at radius 3 is 2.12 bits per heavy atom. The van der Waals surface area contributed by atoms with E-state index < -0.39 is 8.07 Å². The summed E-state index contributed by atoms with van der Waals surface area (Å²) in [5.41, 5.74) is 7.23. The predicted octanol–water partition coefficient (Wildman–Crippen LogP) is 6.56. The van der Waals surface area contributed by atoms with Gasteiger partial charge in [-0.15, -0.1) is 0 Å². The van der Waals surface area contributed by atoms with Gasteiger partial charge in [-0.3, -0.25) is 0 Å². The summed E-state index contributed by atoms with van der Waals surface area (Å²) in [6, 6.07) is 25.4. The van der Waals surface area contributed by atoms with Gasteiger partial charge in [0.2, 0.25) is 0 Å². The zero-order valence-electron chi connectivity index (χ0n) is 19.5. The van der Waals surface area contributed by atoms with Crippen LogP contribution in [0.5, 0.6) is 0 Å². The molecule has 3 aromatic carbocycles. The van der Waals surface area contributed by atoms with Gasteiger partial charge in [0, 0.05) is 11.4 Å². The highest BCUT2D eigenvalue weighted by molar-refractivity contribution is 7.03. The van der Waals surface area contributed by atoms with E-state index >= 15 is 0 Å². The molecular formula is C30H33NSi. The van der Waals surface area contributed by atoms with Crippen LogP contribution in [0.4, 0.5) is 11.4 Å². The highest BCUT2D eigenvalue weighted by Gasteiger charge is 2.59. The molecule has 0 aromatic heterocycles. The molecular weight excluding hydrogens is 402 g/mol. The molecule has 162 valence electrons. The Kier molecular flexibility index (Phi) is 3.82. The molecule has 3 aliphatic carbocycles. The topological polar surface area (TPSA) is 12.0 Å². The second kappa shape index (κ2) is 6.38. The highest BCUT2D eigenvalue weighted by atomic mass is 28.3. The summed E-state index contributed by atoms with van der Waals surface area (Å²) in [5, 5.41) is 6.84. The lowest BCUT2D eigenvalue weighted by molar-refractivity contribution is -0.141. The third-order valence-electron chi connectivity index (χ3n) is 9.72. The first-order valence-corrected chi connectivity index (χ1v) is 15.5. The number of fused-ring (bicyclic) bond motifs is 3. The van der Waals surface area contributed by atoms with Crippen molar-refractivity contribution < 1.29 is 0 Å². The molecule has 1 N–H and O–H groups in total. The summed E-state index contributed by atoms with van der Waals surface area (Å²) >= 11 is 0. The van der Waals surface area contributed by atoms with Gasteiger partial charge in [-0.05, 0) is 106 Å². The Labute approximate surface area is 193 Å². The first kappa shape index (κ1) is 19.2. The third-order valence-corrected chi connectivity index (χ3v) is 13.3. The number of hydrogen-bond donors (Lipinski definition) is 1. The van der Waals surface area contributed by atoms with Crippen LogP contribution in [-0.4, -0.2) is 8.07 Å². The zero-order valence-corrected chi connectivity index (χ0v) is 20.5. The Balaban J connectivity index is 1.13. The second-order valence-corrected chi connectivity index (χ2v) is 16.3. The van der Waals surface area contributed by atoms with Crippen LogP contribution in [-0.2, 0) is 5.41 Å². The summed E-state index contributed by atoms with van der Waals surface area (Å²) in [7, 11) is -1.62. The first-order valence-electron chi connectivity index (χ1n) is 12.5. The van der Waals surface area contributed by atoms with Crippen molar-refractivity contribution in [3.63, 3.8) is 0 Å². The molecule has 1 nitrogen and oxygen atoms in total. The molecule has 1 aliphatic heterocycles. The van der Waals surface area contributed by atoms with Crippen molar-refractivity contribution in [2.24, 2.45) is 23.7 Å². The molecule has 3 aromatic rings. The fourth-order valence-electron chi connectivity index (χ4n) is 8.09. The molecule has 3 saturated carbocycles. The standard InChI is InChI=1S/C30H33NSi/c1-30(17-20-14-19-15-21(18-30)29(19)20)22-8-10-23(11-9-22)31-24-12-13-26-25-6-4-5-7-27(25)32(2,3)28(26)16-24/h4-13,16,19-21,29,31H,14-15,17-18H2,1-3H3. The van der Waals surface area contributed by atoms with E-state index in [2.05, 4.69) is 92.1 Å². The average Bonchev–Trinajstić information content (AvgIpc) is 2.98. The van der Waals surface area contributed by atoms with Crippen LogP contribution in [0.1, 0.15) is 38.2 Å². The Morgan fingerprint density at radius 1 is 0.750 bits per heavy atom. The van der Waals surface area contributed by atoms with Crippen molar-refractivity contribution in [2.45, 2.75) is 51.1 Å². The lowest BCUT2D eigenvalue weighted by Crippen LogP contribution is -2.58. The molecule has 1 heterocycles. The molecule has 0 saturated heterocycles. The Hall–Kier alpha value is -2.32. The van der Waals surface area contributed by atoms with Gasteiger partial charge in [-0.25, -0.2) is 0 Å². The minimum Gasteiger partial charge on any atom is -0.356 e. The largest absolute Gasteiger partial charge is 0.356 e. The molecule has 4 aliphatic rings. The first-order chi connectivity index (χ1) is 15.4. The number of benzene rings is 3. The summed E-state index contributed by atoms with van der Waals surface area (Å²) in [4.78, 5) is 0. The molecule has 2 atom stereocenters. The fourth-order valence-corrected chi connectivity index (χ4v) is 11.2. The van der Waals surface area contributed by atoms with Gasteiger partial charge in [-0.1, -0.05) is 62.5 Å². The lowest BCUT2D eigenvalue weighted by atomic mass is 9.39. The van der Waals surface area contributed by atoms with Gasteiger partial charge in [0.25, 0.3) is 0 Å². The summed E-state index contributed by atoms with van der Waals surface area (Å²) in [5.74, 6) is 4.23. The molecule has 32 heavy (non-hydrogen) atoms. The number of hydrogen-bond acceptors (Lipinski definition) is 1. The quantitative estimate of drug-likeness (QED) is 0.460. The summed E-state index contributed by atoms with van der Waals surface area (Å²) < 4.78 is 0. The normalized spacial score (nSPS) is 32.7. The van der Waals surface area contributed by atoms with E-state index in [-0.39, 0.29) is 0 Å². The maximum absolute atomic E-state index is 3.71. The van der Waals surface area contributed by atoms with E-state index in [9.17, 15) is 0 Å². The number of nitrogens with one attached hydrogen (secondary N) is 1. The Bertz CT molecular complexity index is 1210. The molecule has 0 radical (unpaired) electrons. The predicted molar refractivity (Wildman–Crippen MR) is 138 cm³/mol. The molecule has 2 unspecified atom stereocenters. The monoisotopic (exact) mass is 435 g/mol. The maximum Gasteiger partial charge on any atom is 0.113 e. The van der Waals surface area contributed by atoms with Crippen LogP contribution in [0.15, 0.2) is 66.7 Å². The van der Waals surface area contributed by atoms with Gasteiger partial charge >= 0.3 is 0 Å². The third kappa shape index (κ3) is 2.56. The maximum atomic E-state index is 3.71. The van der Waals surface area contributed by atoms with Crippen LogP contribution in [0, 0.1) is 23.7 Å². The van der Waals surface area contributed by atoms with Crippen molar-refractivity contribution in [1.82, 2.24) is 0 Å². The van der Waals surface area contributed by atoms with Gasteiger partial charge in [0.1, 0.15) is 8.07 Å². The fraction of sp³-hybridized carbons (Fsp3) is 0.400. The van der Waals surface area contributed by atoms with Crippen LogP contribution in [0.3, 0.4) is 0 Å². The van der Waals surface area contributed by atoms with E-state index in [4.69, 9.17) is 0 Å². The SMILES string of the molecule is CC1(c2ccc(Nc3ccc4c(c3)[Si](C)(C)c3ccccc3-4)cc2)CC2CC3CC(C1)C32. The van der Waals surface area contributed by atoms with Crippen LogP contribution < -0.4 is 15.7 Å². The van der Waals surface area contributed by atoms with Crippen molar-refractivity contribution in [2.75, 3.05) is 5.32 Å². The minimum absolute atomic E-state index is 0.380. The molecule has 0 amide bonds. The van der Waals surface area contributed by atoms with Gasteiger partial charge in [0.15, 0.2) is 0 Å². The van der Waals surface area contributed by atoms with Crippen molar-refractivity contribution >= 4 is 29.8 Å². The minimum atomic E-state index is -1.62. The second-order valence-electron chi connectivity index (χ2n) is 11.9. The van der Waals surface area contributed by atoms with Crippen molar-refractivity contribution in [1.29, 1.82) is 0 Å².